The second-order valence-electron chi connectivity index (χ2n) is 5.45. The molecule has 0 radical (unpaired) electrons. The summed E-state index contributed by atoms with van der Waals surface area (Å²) >= 11 is 0. The lowest BCUT2D eigenvalue weighted by Gasteiger charge is -2.20. The average molecular weight is 232 g/mol. The molecule has 0 aromatic rings. The third kappa shape index (κ3) is 10.0. The number of hydrogen-bond donors (Lipinski definition) is 0. The van der Waals surface area contributed by atoms with Crippen molar-refractivity contribution in [1.29, 1.82) is 0 Å². The van der Waals surface area contributed by atoms with Crippen molar-refractivity contribution >= 4 is 16.6 Å². The SMILES string of the molecule is C/C(=C/CO[Si](C)(C)C)O[Si](C)(C)C. The Morgan fingerprint density at radius 3 is 1.86 bits per heavy atom. The van der Waals surface area contributed by atoms with Crippen LogP contribution >= 0.6 is 0 Å². The van der Waals surface area contributed by atoms with Crippen LogP contribution in [0.3, 0.4) is 0 Å². The van der Waals surface area contributed by atoms with E-state index in [1.807, 2.05) is 13.0 Å². The molecule has 0 aliphatic carbocycles. The van der Waals surface area contributed by atoms with E-state index in [2.05, 4.69) is 39.3 Å². The van der Waals surface area contributed by atoms with E-state index in [-0.39, 0.29) is 0 Å². The van der Waals surface area contributed by atoms with Crippen molar-refractivity contribution < 1.29 is 8.85 Å². The Bertz CT molecular complexity index is 199. The Morgan fingerprint density at radius 2 is 1.50 bits per heavy atom. The summed E-state index contributed by atoms with van der Waals surface area (Å²) in [4.78, 5) is 0. The van der Waals surface area contributed by atoms with Crippen LogP contribution in [0.4, 0.5) is 0 Å². The molecule has 0 saturated heterocycles. The molecule has 4 heteroatoms. The highest BCUT2D eigenvalue weighted by molar-refractivity contribution is 6.70. The van der Waals surface area contributed by atoms with Crippen molar-refractivity contribution in [2.24, 2.45) is 0 Å². The second kappa shape index (κ2) is 5.14. The van der Waals surface area contributed by atoms with Crippen LogP contribution in [-0.2, 0) is 8.85 Å². The first-order chi connectivity index (χ1) is 6.10. The van der Waals surface area contributed by atoms with Crippen LogP contribution < -0.4 is 0 Å². The van der Waals surface area contributed by atoms with Gasteiger partial charge in [0.25, 0.3) is 0 Å². The number of hydrogen-bond acceptors (Lipinski definition) is 2. The van der Waals surface area contributed by atoms with Crippen LogP contribution in [0.5, 0.6) is 0 Å². The molecule has 84 valence electrons. The summed E-state index contributed by atoms with van der Waals surface area (Å²) < 4.78 is 11.5. The van der Waals surface area contributed by atoms with Gasteiger partial charge in [0, 0.05) is 0 Å². The molecule has 0 unspecified atom stereocenters. The molecule has 0 saturated carbocycles. The lowest BCUT2D eigenvalue weighted by atomic mass is 10.5. The van der Waals surface area contributed by atoms with Gasteiger partial charge in [0.2, 0.25) is 8.32 Å². The normalized spacial score (nSPS) is 14.4. The fourth-order valence-electron chi connectivity index (χ4n) is 0.934. The standard InChI is InChI=1S/C10H24O2Si2/c1-10(12-14(5,6)7)8-9-11-13(2,3)4/h8H,9H2,1-7H3/b10-8-. The Labute approximate surface area is 90.6 Å². The highest BCUT2D eigenvalue weighted by Crippen LogP contribution is 2.10. The monoisotopic (exact) mass is 232 g/mol. The van der Waals surface area contributed by atoms with Gasteiger partial charge in [-0.05, 0) is 52.3 Å². The van der Waals surface area contributed by atoms with Gasteiger partial charge < -0.3 is 8.85 Å². The molecule has 14 heavy (non-hydrogen) atoms. The van der Waals surface area contributed by atoms with Crippen molar-refractivity contribution in [2.45, 2.75) is 46.2 Å². The van der Waals surface area contributed by atoms with Gasteiger partial charge in [-0.25, -0.2) is 0 Å². The molecule has 0 heterocycles. The molecule has 0 atom stereocenters. The molecule has 0 N–H and O–H groups in total. The number of rotatable bonds is 5. The van der Waals surface area contributed by atoms with Crippen molar-refractivity contribution in [2.75, 3.05) is 6.61 Å². The van der Waals surface area contributed by atoms with Gasteiger partial charge in [-0.15, -0.1) is 0 Å². The molecular formula is C10H24O2Si2. The summed E-state index contributed by atoms with van der Waals surface area (Å²) in [6, 6.07) is 0. The van der Waals surface area contributed by atoms with E-state index in [0.29, 0.717) is 6.61 Å². The molecule has 2 nitrogen and oxygen atoms in total. The number of allylic oxidation sites excluding steroid dienone is 1. The van der Waals surface area contributed by atoms with E-state index in [1.165, 1.54) is 0 Å². The zero-order valence-corrected chi connectivity index (χ0v) is 12.6. The highest BCUT2D eigenvalue weighted by Gasteiger charge is 2.16. The summed E-state index contributed by atoms with van der Waals surface area (Å²) in [5, 5.41) is 0. The largest absolute Gasteiger partial charge is 0.548 e. The summed E-state index contributed by atoms with van der Waals surface area (Å²) in [6.45, 7) is 15.8. The van der Waals surface area contributed by atoms with E-state index in [0.717, 1.165) is 5.76 Å². The molecule has 0 aromatic heterocycles. The van der Waals surface area contributed by atoms with E-state index < -0.39 is 16.6 Å². The minimum atomic E-state index is -1.43. The first kappa shape index (κ1) is 13.9. The maximum atomic E-state index is 5.79. The maximum Gasteiger partial charge on any atom is 0.241 e. The Hall–Kier alpha value is -0.0662. The Morgan fingerprint density at radius 1 is 1.00 bits per heavy atom. The molecule has 0 aromatic carbocycles. The lowest BCUT2D eigenvalue weighted by molar-refractivity contribution is 0.345. The molecule has 0 spiro atoms. The fourth-order valence-corrected chi connectivity index (χ4v) is 2.57. The predicted octanol–water partition coefficient (Wildman–Crippen LogP) is 3.59. The van der Waals surface area contributed by atoms with Gasteiger partial charge in [0.15, 0.2) is 8.32 Å². The predicted molar refractivity (Wildman–Crippen MR) is 67.5 cm³/mol. The third-order valence-corrected chi connectivity index (χ3v) is 3.32. The Balaban J connectivity index is 3.90. The summed E-state index contributed by atoms with van der Waals surface area (Å²) in [5.74, 6) is 1.00. The van der Waals surface area contributed by atoms with Crippen LogP contribution in [0.15, 0.2) is 11.8 Å². The summed E-state index contributed by atoms with van der Waals surface area (Å²) in [5.41, 5.74) is 0. The first-order valence-corrected chi connectivity index (χ1v) is 11.9. The fraction of sp³-hybridized carbons (Fsp3) is 0.800. The summed E-state index contributed by atoms with van der Waals surface area (Å²) in [6.07, 6.45) is 2.04. The van der Waals surface area contributed by atoms with Gasteiger partial charge in [-0.3, -0.25) is 0 Å². The zero-order chi connectivity index (χ0) is 11.4. The summed E-state index contributed by atoms with van der Waals surface area (Å²) in [7, 11) is -2.80. The molecular weight excluding hydrogens is 208 g/mol. The molecule has 0 fully saturated rings. The van der Waals surface area contributed by atoms with Gasteiger partial charge in [0.1, 0.15) is 0 Å². The molecule has 0 bridgehead atoms. The van der Waals surface area contributed by atoms with Crippen LogP contribution in [-0.4, -0.2) is 23.2 Å². The molecule has 0 aliphatic rings. The topological polar surface area (TPSA) is 18.5 Å². The van der Waals surface area contributed by atoms with Gasteiger partial charge in [0.05, 0.1) is 12.4 Å². The van der Waals surface area contributed by atoms with Crippen LogP contribution in [0, 0.1) is 0 Å². The van der Waals surface area contributed by atoms with Crippen LogP contribution in [0.25, 0.3) is 0 Å². The minimum absolute atomic E-state index is 0.687. The van der Waals surface area contributed by atoms with Crippen LogP contribution in [0.2, 0.25) is 39.3 Å². The van der Waals surface area contributed by atoms with Crippen LogP contribution in [0.1, 0.15) is 6.92 Å². The average Bonchev–Trinajstić information content (AvgIpc) is 1.78. The second-order valence-corrected chi connectivity index (χ2v) is 14.4. The van der Waals surface area contributed by atoms with E-state index in [4.69, 9.17) is 8.85 Å². The quantitative estimate of drug-likeness (QED) is 0.533. The van der Waals surface area contributed by atoms with E-state index in [1.54, 1.807) is 0 Å². The molecule has 0 rings (SSSR count). The zero-order valence-electron chi connectivity index (χ0n) is 10.6. The lowest BCUT2D eigenvalue weighted by Crippen LogP contribution is -2.26. The van der Waals surface area contributed by atoms with Gasteiger partial charge in [-0.1, -0.05) is 0 Å². The molecule has 0 aliphatic heterocycles. The maximum absolute atomic E-state index is 5.79. The van der Waals surface area contributed by atoms with Crippen molar-refractivity contribution in [3.8, 4) is 0 Å². The van der Waals surface area contributed by atoms with E-state index in [9.17, 15) is 0 Å². The highest BCUT2D eigenvalue weighted by atomic mass is 28.4. The Kier molecular flexibility index (Phi) is 5.11. The minimum Gasteiger partial charge on any atom is -0.548 e. The smallest absolute Gasteiger partial charge is 0.241 e. The molecule has 0 amide bonds. The first-order valence-electron chi connectivity index (χ1n) is 5.10. The van der Waals surface area contributed by atoms with Gasteiger partial charge in [-0.2, -0.15) is 0 Å². The van der Waals surface area contributed by atoms with Crippen molar-refractivity contribution in [3.63, 3.8) is 0 Å². The van der Waals surface area contributed by atoms with E-state index >= 15 is 0 Å². The van der Waals surface area contributed by atoms with Gasteiger partial charge >= 0.3 is 0 Å². The van der Waals surface area contributed by atoms with Crippen molar-refractivity contribution in [3.05, 3.63) is 11.8 Å². The van der Waals surface area contributed by atoms with Crippen molar-refractivity contribution in [1.82, 2.24) is 0 Å². The third-order valence-electron chi connectivity index (χ3n) is 1.35.